The summed E-state index contributed by atoms with van der Waals surface area (Å²) in [5.41, 5.74) is 8.46. The molecule has 2 nitrogen and oxygen atoms in total. The van der Waals surface area contributed by atoms with E-state index in [0.29, 0.717) is 6.04 Å². The first-order valence-corrected chi connectivity index (χ1v) is 7.13. The van der Waals surface area contributed by atoms with E-state index in [1.807, 2.05) is 13.0 Å². The predicted molar refractivity (Wildman–Crippen MR) is 79.4 cm³/mol. The van der Waals surface area contributed by atoms with Crippen molar-refractivity contribution in [3.8, 4) is 0 Å². The van der Waals surface area contributed by atoms with Crippen LogP contribution < -0.4 is 10.6 Å². The molecule has 1 aromatic carbocycles. The highest BCUT2D eigenvalue weighted by atomic mass is 35.5. The van der Waals surface area contributed by atoms with Crippen molar-refractivity contribution in [1.29, 1.82) is 0 Å². The van der Waals surface area contributed by atoms with E-state index in [1.54, 1.807) is 0 Å². The van der Waals surface area contributed by atoms with Crippen LogP contribution in [0.4, 0.5) is 5.69 Å². The van der Waals surface area contributed by atoms with E-state index in [2.05, 4.69) is 31.0 Å². The van der Waals surface area contributed by atoms with Crippen molar-refractivity contribution in [3.05, 3.63) is 28.8 Å². The topological polar surface area (TPSA) is 29.3 Å². The van der Waals surface area contributed by atoms with Crippen molar-refractivity contribution in [2.75, 3.05) is 11.9 Å². The molecule has 3 heteroatoms. The number of hydrogen-bond donors (Lipinski definition) is 1. The van der Waals surface area contributed by atoms with Crippen molar-refractivity contribution in [1.82, 2.24) is 0 Å². The van der Waals surface area contributed by atoms with Gasteiger partial charge in [-0.25, -0.2) is 0 Å². The smallest absolute Gasteiger partial charge is 0.0426 e. The van der Waals surface area contributed by atoms with Crippen molar-refractivity contribution >= 4 is 17.3 Å². The standard InChI is InChI=1S/C15H23ClN2/c1-10(17)8-13-6-7-14(16)9-15(13)18(3)11(2)12-4-5-12/h6-7,9-12H,4-5,8,17H2,1-3H3. The Morgan fingerprint density at radius 1 is 1.39 bits per heavy atom. The van der Waals surface area contributed by atoms with Crippen LogP contribution in [0.3, 0.4) is 0 Å². The molecule has 100 valence electrons. The second-order valence-electron chi connectivity index (χ2n) is 5.64. The van der Waals surface area contributed by atoms with Gasteiger partial charge in [0.25, 0.3) is 0 Å². The summed E-state index contributed by atoms with van der Waals surface area (Å²) < 4.78 is 0. The van der Waals surface area contributed by atoms with Gasteiger partial charge < -0.3 is 10.6 Å². The quantitative estimate of drug-likeness (QED) is 0.884. The lowest BCUT2D eigenvalue weighted by atomic mass is 10.0. The van der Waals surface area contributed by atoms with E-state index < -0.39 is 0 Å². The number of halogens is 1. The normalized spacial score (nSPS) is 18.5. The van der Waals surface area contributed by atoms with E-state index in [4.69, 9.17) is 17.3 Å². The molecule has 2 N–H and O–H groups in total. The molecule has 0 spiro atoms. The molecule has 2 unspecified atom stereocenters. The number of hydrogen-bond acceptors (Lipinski definition) is 2. The molecule has 1 aliphatic carbocycles. The fourth-order valence-corrected chi connectivity index (χ4v) is 2.67. The van der Waals surface area contributed by atoms with E-state index in [0.717, 1.165) is 17.4 Å². The molecule has 1 aliphatic rings. The first-order valence-electron chi connectivity index (χ1n) is 6.76. The first kappa shape index (κ1) is 13.7. The summed E-state index contributed by atoms with van der Waals surface area (Å²) in [5.74, 6) is 0.845. The van der Waals surface area contributed by atoms with Gasteiger partial charge in [0.2, 0.25) is 0 Å². The summed E-state index contributed by atoms with van der Waals surface area (Å²) in [7, 11) is 2.17. The molecule has 1 fully saturated rings. The number of rotatable bonds is 5. The molecule has 0 aromatic heterocycles. The zero-order valence-electron chi connectivity index (χ0n) is 11.5. The van der Waals surface area contributed by atoms with Crippen LogP contribution in [0.15, 0.2) is 18.2 Å². The van der Waals surface area contributed by atoms with Gasteiger partial charge in [0.05, 0.1) is 0 Å². The highest BCUT2D eigenvalue weighted by Crippen LogP contribution is 2.37. The lowest BCUT2D eigenvalue weighted by Gasteiger charge is -2.29. The highest BCUT2D eigenvalue weighted by molar-refractivity contribution is 6.30. The minimum atomic E-state index is 0.176. The average molecular weight is 267 g/mol. The fraction of sp³-hybridized carbons (Fsp3) is 0.600. The van der Waals surface area contributed by atoms with Gasteiger partial charge in [-0.3, -0.25) is 0 Å². The summed E-state index contributed by atoms with van der Waals surface area (Å²) in [6.45, 7) is 4.34. The van der Waals surface area contributed by atoms with Crippen LogP contribution in [0.5, 0.6) is 0 Å². The number of anilines is 1. The molecule has 0 aliphatic heterocycles. The molecule has 2 atom stereocenters. The third kappa shape index (κ3) is 3.18. The molecule has 0 saturated heterocycles. The summed E-state index contributed by atoms with van der Waals surface area (Å²) in [5, 5.41) is 0.799. The summed E-state index contributed by atoms with van der Waals surface area (Å²) in [6.07, 6.45) is 3.61. The third-order valence-electron chi connectivity index (χ3n) is 3.88. The van der Waals surface area contributed by atoms with Crippen molar-refractivity contribution < 1.29 is 0 Å². The molecular formula is C15H23ClN2. The summed E-state index contributed by atoms with van der Waals surface area (Å²) in [4.78, 5) is 2.36. The lowest BCUT2D eigenvalue weighted by Crippen LogP contribution is -2.32. The van der Waals surface area contributed by atoms with Gasteiger partial charge >= 0.3 is 0 Å². The van der Waals surface area contributed by atoms with E-state index in [9.17, 15) is 0 Å². The van der Waals surface area contributed by atoms with Crippen molar-refractivity contribution in [3.63, 3.8) is 0 Å². The Morgan fingerprint density at radius 2 is 2.06 bits per heavy atom. The molecule has 1 aromatic rings. The van der Waals surface area contributed by atoms with E-state index in [-0.39, 0.29) is 6.04 Å². The monoisotopic (exact) mass is 266 g/mol. The molecule has 18 heavy (non-hydrogen) atoms. The fourth-order valence-electron chi connectivity index (χ4n) is 2.50. The first-order chi connectivity index (χ1) is 8.49. The van der Waals surface area contributed by atoms with Gasteiger partial charge in [-0.05, 0) is 56.7 Å². The molecule has 2 rings (SSSR count). The van der Waals surface area contributed by atoms with Gasteiger partial charge in [0.1, 0.15) is 0 Å². The van der Waals surface area contributed by atoms with Gasteiger partial charge in [-0.1, -0.05) is 17.7 Å². The number of nitrogens with two attached hydrogens (primary N) is 1. The van der Waals surface area contributed by atoms with Crippen LogP contribution in [0.1, 0.15) is 32.3 Å². The maximum absolute atomic E-state index is 6.14. The van der Waals surface area contributed by atoms with Crippen LogP contribution in [0.2, 0.25) is 5.02 Å². The van der Waals surface area contributed by atoms with E-state index in [1.165, 1.54) is 24.1 Å². The molecule has 0 bridgehead atoms. The molecule has 1 saturated carbocycles. The summed E-state index contributed by atoms with van der Waals surface area (Å²) >= 11 is 6.14. The van der Waals surface area contributed by atoms with Crippen LogP contribution in [0.25, 0.3) is 0 Å². The largest absolute Gasteiger partial charge is 0.371 e. The van der Waals surface area contributed by atoms with Crippen molar-refractivity contribution in [2.24, 2.45) is 11.7 Å². The van der Waals surface area contributed by atoms with Crippen molar-refractivity contribution in [2.45, 2.75) is 45.2 Å². The minimum Gasteiger partial charge on any atom is -0.371 e. The molecule has 0 heterocycles. The average Bonchev–Trinajstić information content (AvgIpc) is 3.13. The predicted octanol–water partition coefficient (Wildman–Crippen LogP) is 3.46. The Morgan fingerprint density at radius 3 is 2.61 bits per heavy atom. The second-order valence-corrected chi connectivity index (χ2v) is 6.08. The second kappa shape index (κ2) is 5.50. The zero-order chi connectivity index (χ0) is 13.3. The van der Waals surface area contributed by atoms with Crippen LogP contribution in [-0.2, 0) is 6.42 Å². The van der Waals surface area contributed by atoms with Gasteiger partial charge in [0.15, 0.2) is 0 Å². The summed E-state index contributed by atoms with van der Waals surface area (Å²) in [6, 6.07) is 6.89. The van der Waals surface area contributed by atoms with Gasteiger partial charge in [0, 0.05) is 29.8 Å². The Hall–Kier alpha value is -0.730. The van der Waals surface area contributed by atoms with Crippen LogP contribution in [-0.4, -0.2) is 19.1 Å². The Bertz CT molecular complexity index is 413. The number of benzene rings is 1. The van der Waals surface area contributed by atoms with E-state index >= 15 is 0 Å². The number of nitrogens with zero attached hydrogens (tertiary/aromatic N) is 1. The van der Waals surface area contributed by atoms with Crippen LogP contribution >= 0.6 is 11.6 Å². The third-order valence-corrected chi connectivity index (χ3v) is 4.12. The maximum atomic E-state index is 6.14. The van der Waals surface area contributed by atoms with Gasteiger partial charge in [-0.2, -0.15) is 0 Å². The zero-order valence-corrected chi connectivity index (χ0v) is 12.2. The molecule has 0 radical (unpaired) electrons. The Balaban J connectivity index is 2.25. The molecule has 0 amide bonds. The highest BCUT2D eigenvalue weighted by Gasteiger charge is 2.31. The Labute approximate surface area is 115 Å². The minimum absolute atomic E-state index is 0.176. The lowest BCUT2D eigenvalue weighted by molar-refractivity contribution is 0.605. The van der Waals surface area contributed by atoms with Gasteiger partial charge in [-0.15, -0.1) is 0 Å². The SMILES string of the molecule is CC(N)Cc1ccc(Cl)cc1N(C)C(C)C1CC1. The Kier molecular flexibility index (Phi) is 4.18. The van der Waals surface area contributed by atoms with Crippen LogP contribution in [0, 0.1) is 5.92 Å². The molecular weight excluding hydrogens is 244 g/mol. The maximum Gasteiger partial charge on any atom is 0.0426 e.